The number of ether oxygens (including phenoxy) is 1. The fourth-order valence-electron chi connectivity index (χ4n) is 2.21. The molecule has 20 heavy (non-hydrogen) atoms. The smallest absolute Gasteiger partial charge is 0.138 e. The molecule has 3 aromatic rings. The minimum Gasteiger partial charge on any atom is -0.494 e. The third-order valence-corrected chi connectivity index (χ3v) is 3.22. The molecule has 1 unspecified atom stereocenters. The van der Waals surface area contributed by atoms with Gasteiger partial charge in [-0.3, -0.25) is 0 Å². The summed E-state index contributed by atoms with van der Waals surface area (Å²) in [5.41, 5.74) is 1.57. The van der Waals surface area contributed by atoms with E-state index in [-0.39, 0.29) is 0 Å². The van der Waals surface area contributed by atoms with Crippen molar-refractivity contribution in [3.05, 3.63) is 65.9 Å². The molecule has 3 nitrogen and oxygen atoms in total. The lowest BCUT2D eigenvalue weighted by atomic mass is 10.1. The lowest BCUT2D eigenvalue weighted by Gasteiger charge is -2.09. The largest absolute Gasteiger partial charge is 0.494 e. The molecule has 1 aromatic heterocycles. The topological polar surface area (TPSA) is 42.6 Å². The van der Waals surface area contributed by atoms with Crippen LogP contribution < -0.4 is 4.74 Å². The van der Waals surface area contributed by atoms with Gasteiger partial charge in [0.15, 0.2) is 0 Å². The van der Waals surface area contributed by atoms with Crippen LogP contribution >= 0.6 is 0 Å². The van der Waals surface area contributed by atoms with E-state index in [0.717, 1.165) is 22.3 Å². The van der Waals surface area contributed by atoms with E-state index >= 15 is 0 Å². The van der Waals surface area contributed by atoms with Gasteiger partial charge in [-0.2, -0.15) is 0 Å². The number of rotatable bonds is 4. The van der Waals surface area contributed by atoms with E-state index in [1.54, 1.807) is 0 Å². The van der Waals surface area contributed by atoms with E-state index in [9.17, 15) is 5.11 Å². The Morgan fingerprint density at radius 3 is 2.55 bits per heavy atom. The summed E-state index contributed by atoms with van der Waals surface area (Å²) in [7, 11) is 0. The molecule has 0 radical (unpaired) electrons. The average Bonchev–Trinajstić information content (AvgIpc) is 2.91. The number of furan rings is 1. The molecule has 3 rings (SSSR count). The van der Waals surface area contributed by atoms with Crippen LogP contribution in [0.5, 0.6) is 5.75 Å². The highest BCUT2D eigenvalue weighted by molar-refractivity contribution is 5.77. The molecule has 102 valence electrons. The molecule has 0 aliphatic heterocycles. The summed E-state index contributed by atoms with van der Waals surface area (Å²) in [6.07, 6.45) is -0.766. The van der Waals surface area contributed by atoms with Crippen molar-refractivity contribution in [3.63, 3.8) is 0 Å². The number of aliphatic hydroxyl groups excluding tert-OH is 1. The maximum Gasteiger partial charge on any atom is 0.138 e. The summed E-state index contributed by atoms with van der Waals surface area (Å²) in [5, 5.41) is 11.4. The van der Waals surface area contributed by atoms with E-state index in [2.05, 4.69) is 0 Å². The maximum atomic E-state index is 10.4. The summed E-state index contributed by atoms with van der Waals surface area (Å²) >= 11 is 0. The molecular formula is C17H16O3. The second-order valence-corrected chi connectivity index (χ2v) is 4.59. The van der Waals surface area contributed by atoms with Crippen LogP contribution in [0, 0.1) is 0 Å². The minimum atomic E-state index is -0.766. The number of hydrogen-bond donors (Lipinski definition) is 1. The van der Waals surface area contributed by atoms with Gasteiger partial charge < -0.3 is 14.3 Å². The van der Waals surface area contributed by atoms with E-state index in [1.807, 2.05) is 61.5 Å². The van der Waals surface area contributed by atoms with Crippen LogP contribution in [-0.4, -0.2) is 11.7 Å². The second kappa shape index (κ2) is 5.39. The monoisotopic (exact) mass is 268 g/mol. The van der Waals surface area contributed by atoms with E-state index in [4.69, 9.17) is 9.15 Å². The van der Waals surface area contributed by atoms with Gasteiger partial charge in [0.05, 0.1) is 6.61 Å². The van der Waals surface area contributed by atoms with E-state index in [1.165, 1.54) is 0 Å². The van der Waals surface area contributed by atoms with E-state index < -0.39 is 6.10 Å². The first-order chi connectivity index (χ1) is 9.78. The Bertz CT molecular complexity index is 665. The number of benzene rings is 2. The molecule has 2 aromatic carbocycles. The van der Waals surface area contributed by atoms with Crippen LogP contribution in [0.1, 0.15) is 24.4 Å². The highest BCUT2D eigenvalue weighted by Gasteiger charge is 2.15. The molecule has 3 heteroatoms. The van der Waals surface area contributed by atoms with Gasteiger partial charge in [-0.15, -0.1) is 0 Å². The predicted molar refractivity (Wildman–Crippen MR) is 77.9 cm³/mol. The van der Waals surface area contributed by atoms with Crippen LogP contribution in [0.15, 0.2) is 59.0 Å². The van der Waals surface area contributed by atoms with Crippen LogP contribution in [0.25, 0.3) is 11.0 Å². The summed E-state index contributed by atoms with van der Waals surface area (Å²) in [4.78, 5) is 0. The summed E-state index contributed by atoms with van der Waals surface area (Å²) in [6, 6.07) is 17.0. The highest BCUT2D eigenvalue weighted by Crippen LogP contribution is 2.28. The molecule has 0 bridgehead atoms. The third-order valence-electron chi connectivity index (χ3n) is 3.22. The van der Waals surface area contributed by atoms with Crippen LogP contribution in [0.3, 0.4) is 0 Å². The lowest BCUT2D eigenvalue weighted by Crippen LogP contribution is -1.98. The normalized spacial score (nSPS) is 12.5. The third kappa shape index (κ3) is 2.40. The van der Waals surface area contributed by atoms with Crippen LogP contribution in [-0.2, 0) is 0 Å². The summed E-state index contributed by atoms with van der Waals surface area (Å²) in [5.74, 6) is 1.35. The fourth-order valence-corrected chi connectivity index (χ4v) is 2.21. The maximum absolute atomic E-state index is 10.4. The highest BCUT2D eigenvalue weighted by atomic mass is 16.5. The first-order valence-electron chi connectivity index (χ1n) is 6.67. The fraction of sp³-hybridized carbons (Fsp3) is 0.176. The lowest BCUT2D eigenvalue weighted by molar-refractivity contribution is 0.192. The van der Waals surface area contributed by atoms with Gasteiger partial charge in [-0.05, 0) is 36.8 Å². The quantitative estimate of drug-likeness (QED) is 0.780. The molecular weight excluding hydrogens is 252 g/mol. The zero-order chi connectivity index (χ0) is 13.9. The van der Waals surface area contributed by atoms with Gasteiger partial charge in [-0.1, -0.05) is 30.3 Å². The number of fused-ring (bicyclic) bond motifs is 1. The Kier molecular flexibility index (Phi) is 3.44. The van der Waals surface area contributed by atoms with Crippen molar-refractivity contribution in [1.29, 1.82) is 0 Å². The SMILES string of the molecule is CCOc1ccc(C(O)c2cc3ccccc3o2)cc1. The Balaban J connectivity index is 1.89. The van der Waals surface area contributed by atoms with Crippen molar-refractivity contribution in [2.24, 2.45) is 0 Å². The number of para-hydroxylation sites is 1. The van der Waals surface area contributed by atoms with Gasteiger partial charge in [0.2, 0.25) is 0 Å². The Labute approximate surface area is 117 Å². The van der Waals surface area contributed by atoms with Gasteiger partial charge in [0.25, 0.3) is 0 Å². The van der Waals surface area contributed by atoms with E-state index in [0.29, 0.717) is 12.4 Å². The van der Waals surface area contributed by atoms with Crippen molar-refractivity contribution in [2.45, 2.75) is 13.0 Å². The Morgan fingerprint density at radius 2 is 1.85 bits per heavy atom. The molecule has 0 aliphatic rings. The van der Waals surface area contributed by atoms with Crippen molar-refractivity contribution < 1.29 is 14.3 Å². The zero-order valence-corrected chi connectivity index (χ0v) is 11.2. The standard InChI is InChI=1S/C17H16O3/c1-2-19-14-9-7-12(8-10-14)17(18)16-11-13-5-3-4-6-15(13)20-16/h3-11,17-18H,2H2,1H3. The van der Waals surface area contributed by atoms with Crippen molar-refractivity contribution in [2.75, 3.05) is 6.61 Å². The van der Waals surface area contributed by atoms with Crippen LogP contribution in [0.4, 0.5) is 0 Å². The van der Waals surface area contributed by atoms with Gasteiger partial charge in [0.1, 0.15) is 23.2 Å². The van der Waals surface area contributed by atoms with Crippen molar-refractivity contribution in [1.82, 2.24) is 0 Å². The first-order valence-corrected chi connectivity index (χ1v) is 6.67. The molecule has 1 atom stereocenters. The molecule has 0 amide bonds. The van der Waals surface area contributed by atoms with Crippen LogP contribution in [0.2, 0.25) is 0 Å². The first kappa shape index (κ1) is 12.8. The molecule has 0 aliphatic carbocycles. The molecule has 1 heterocycles. The molecule has 0 saturated carbocycles. The number of aliphatic hydroxyl groups is 1. The summed E-state index contributed by atoms with van der Waals surface area (Å²) < 4.78 is 11.1. The molecule has 0 saturated heterocycles. The molecule has 1 N–H and O–H groups in total. The van der Waals surface area contributed by atoms with Gasteiger partial charge in [0, 0.05) is 5.39 Å². The minimum absolute atomic E-state index is 0.551. The number of hydrogen-bond acceptors (Lipinski definition) is 3. The second-order valence-electron chi connectivity index (χ2n) is 4.59. The van der Waals surface area contributed by atoms with Gasteiger partial charge >= 0.3 is 0 Å². The van der Waals surface area contributed by atoms with Crippen molar-refractivity contribution >= 4 is 11.0 Å². The molecule has 0 spiro atoms. The van der Waals surface area contributed by atoms with Gasteiger partial charge in [-0.25, -0.2) is 0 Å². The Morgan fingerprint density at radius 1 is 1.10 bits per heavy atom. The average molecular weight is 268 g/mol. The molecule has 0 fully saturated rings. The summed E-state index contributed by atoms with van der Waals surface area (Å²) in [6.45, 7) is 2.57. The Hall–Kier alpha value is -2.26. The predicted octanol–water partition coefficient (Wildman–Crippen LogP) is 3.91. The zero-order valence-electron chi connectivity index (χ0n) is 11.2. The van der Waals surface area contributed by atoms with Crippen molar-refractivity contribution in [3.8, 4) is 5.75 Å².